The van der Waals surface area contributed by atoms with Crippen molar-refractivity contribution >= 4 is 17.5 Å². The molecule has 3 aromatic rings. The van der Waals surface area contributed by atoms with Gasteiger partial charge in [-0.05, 0) is 11.6 Å². The minimum absolute atomic E-state index is 0.478. The molecule has 28 heavy (non-hydrogen) atoms. The third-order valence-electron chi connectivity index (χ3n) is 4.22. The number of hydrogen-bond donors (Lipinski definition) is 1. The number of nitrogens with one attached hydrogen (secondary N) is 1. The van der Waals surface area contributed by atoms with Gasteiger partial charge in [-0.15, -0.1) is 0 Å². The predicted octanol–water partition coefficient (Wildman–Crippen LogP) is 3.88. The summed E-state index contributed by atoms with van der Waals surface area (Å²) >= 11 is 0. The number of ether oxygens (including phenoxy) is 3. The molecular formula is C21H24N4O3. The van der Waals surface area contributed by atoms with E-state index in [2.05, 4.69) is 32.3 Å². The molecule has 0 aliphatic rings. The summed E-state index contributed by atoms with van der Waals surface area (Å²) in [6.45, 7) is 0.751. The van der Waals surface area contributed by atoms with E-state index >= 15 is 0 Å². The Bertz CT molecular complexity index is 894. The average molecular weight is 380 g/mol. The Morgan fingerprint density at radius 2 is 1.61 bits per heavy atom. The molecule has 0 unspecified atom stereocenters. The molecule has 0 radical (unpaired) electrons. The van der Waals surface area contributed by atoms with E-state index in [1.807, 2.05) is 43.4 Å². The minimum Gasteiger partial charge on any atom is -0.493 e. The Morgan fingerprint density at radius 3 is 2.21 bits per heavy atom. The molecule has 3 rings (SSSR count). The SMILES string of the molecule is COc1cc(Nc2nccc(N(C)Cc3ccccc3)n2)cc(OC)c1OC. The zero-order valence-electron chi connectivity index (χ0n) is 16.5. The molecule has 1 N–H and O–H groups in total. The summed E-state index contributed by atoms with van der Waals surface area (Å²) in [6, 6.07) is 15.7. The van der Waals surface area contributed by atoms with Crippen molar-refractivity contribution in [2.45, 2.75) is 6.54 Å². The summed E-state index contributed by atoms with van der Waals surface area (Å²) in [5, 5.41) is 3.20. The maximum atomic E-state index is 5.39. The van der Waals surface area contributed by atoms with Crippen LogP contribution >= 0.6 is 0 Å². The van der Waals surface area contributed by atoms with Gasteiger partial charge in [-0.1, -0.05) is 30.3 Å². The van der Waals surface area contributed by atoms with Gasteiger partial charge in [0.15, 0.2) is 11.5 Å². The van der Waals surface area contributed by atoms with Gasteiger partial charge in [0.1, 0.15) is 5.82 Å². The fraction of sp³-hybridized carbons (Fsp3) is 0.238. The van der Waals surface area contributed by atoms with Crippen LogP contribution in [-0.4, -0.2) is 38.3 Å². The van der Waals surface area contributed by atoms with Gasteiger partial charge in [0.05, 0.1) is 21.3 Å². The first-order valence-electron chi connectivity index (χ1n) is 8.79. The van der Waals surface area contributed by atoms with E-state index in [1.165, 1.54) is 5.56 Å². The van der Waals surface area contributed by atoms with E-state index in [-0.39, 0.29) is 0 Å². The zero-order valence-corrected chi connectivity index (χ0v) is 16.5. The lowest BCUT2D eigenvalue weighted by Crippen LogP contribution is -2.18. The Morgan fingerprint density at radius 1 is 0.929 bits per heavy atom. The molecule has 0 spiro atoms. The number of nitrogens with zero attached hydrogens (tertiary/aromatic N) is 3. The van der Waals surface area contributed by atoms with Crippen molar-refractivity contribution in [3.8, 4) is 17.2 Å². The van der Waals surface area contributed by atoms with E-state index in [0.717, 1.165) is 18.1 Å². The van der Waals surface area contributed by atoms with Crippen molar-refractivity contribution in [3.05, 3.63) is 60.3 Å². The summed E-state index contributed by atoms with van der Waals surface area (Å²) in [4.78, 5) is 11.0. The van der Waals surface area contributed by atoms with Crippen LogP contribution in [0, 0.1) is 0 Å². The first-order valence-corrected chi connectivity index (χ1v) is 8.79. The van der Waals surface area contributed by atoms with Gasteiger partial charge in [-0.3, -0.25) is 0 Å². The standard InChI is InChI=1S/C21H24N4O3/c1-25(14-15-8-6-5-7-9-15)19-10-11-22-21(24-19)23-16-12-17(26-2)20(28-4)18(13-16)27-3/h5-13H,14H2,1-4H3,(H,22,23,24). The van der Waals surface area contributed by atoms with Gasteiger partial charge in [-0.25, -0.2) is 4.98 Å². The lowest BCUT2D eigenvalue weighted by molar-refractivity contribution is 0.324. The van der Waals surface area contributed by atoms with Crippen molar-refractivity contribution in [1.82, 2.24) is 9.97 Å². The molecule has 0 amide bonds. The summed E-state index contributed by atoms with van der Waals surface area (Å²) in [7, 11) is 6.73. The molecular weight excluding hydrogens is 356 g/mol. The fourth-order valence-corrected chi connectivity index (χ4v) is 2.84. The van der Waals surface area contributed by atoms with Crippen LogP contribution in [0.2, 0.25) is 0 Å². The van der Waals surface area contributed by atoms with Gasteiger partial charge in [0, 0.05) is 37.6 Å². The molecule has 7 nitrogen and oxygen atoms in total. The van der Waals surface area contributed by atoms with E-state index in [0.29, 0.717) is 23.2 Å². The summed E-state index contributed by atoms with van der Waals surface area (Å²) in [5.41, 5.74) is 1.94. The normalized spacial score (nSPS) is 10.3. The third-order valence-corrected chi connectivity index (χ3v) is 4.22. The van der Waals surface area contributed by atoms with Gasteiger partial charge < -0.3 is 24.4 Å². The number of aromatic nitrogens is 2. The van der Waals surface area contributed by atoms with Crippen LogP contribution in [0.3, 0.4) is 0 Å². The first-order chi connectivity index (χ1) is 13.6. The highest BCUT2D eigenvalue weighted by Crippen LogP contribution is 2.40. The molecule has 0 aliphatic carbocycles. The topological polar surface area (TPSA) is 68.7 Å². The molecule has 0 saturated heterocycles. The molecule has 1 aromatic heterocycles. The van der Waals surface area contributed by atoms with Crippen molar-refractivity contribution in [2.24, 2.45) is 0 Å². The van der Waals surface area contributed by atoms with Crippen molar-refractivity contribution in [1.29, 1.82) is 0 Å². The van der Waals surface area contributed by atoms with Crippen LogP contribution in [0.4, 0.5) is 17.5 Å². The van der Waals surface area contributed by atoms with Gasteiger partial charge in [0.2, 0.25) is 11.7 Å². The largest absolute Gasteiger partial charge is 0.493 e. The van der Waals surface area contributed by atoms with Crippen molar-refractivity contribution < 1.29 is 14.2 Å². The maximum Gasteiger partial charge on any atom is 0.229 e. The highest BCUT2D eigenvalue weighted by molar-refractivity contribution is 5.66. The molecule has 0 atom stereocenters. The number of benzene rings is 2. The maximum absolute atomic E-state index is 5.39. The van der Waals surface area contributed by atoms with Crippen molar-refractivity contribution in [2.75, 3.05) is 38.6 Å². The lowest BCUT2D eigenvalue weighted by Gasteiger charge is -2.19. The first kappa shape index (κ1) is 19.3. The summed E-state index contributed by atoms with van der Waals surface area (Å²) in [5.74, 6) is 2.94. The second-order valence-corrected chi connectivity index (χ2v) is 6.12. The summed E-state index contributed by atoms with van der Waals surface area (Å²) < 4.78 is 16.1. The van der Waals surface area contributed by atoms with E-state index < -0.39 is 0 Å². The second kappa shape index (κ2) is 8.94. The van der Waals surface area contributed by atoms with Crippen LogP contribution < -0.4 is 24.4 Å². The van der Waals surface area contributed by atoms with E-state index in [9.17, 15) is 0 Å². The quantitative estimate of drug-likeness (QED) is 0.636. The molecule has 146 valence electrons. The number of methoxy groups -OCH3 is 3. The minimum atomic E-state index is 0.478. The molecule has 0 aliphatic heterocycles. The third kappa shape index (κ3) is 4.43. The van der Waals surface area contributed by atoms with Crippen LogP contribution in [0.5, 0.6) is 17.2 Å². The van der Waals surface area contributed by atoms with Crippen LogP contribution in [-0.2, 0) is 6.54 Å². The Kier molecular flexibility index (Phi) is 6.16. The van der Waals surface area contributed by atoms with Crippen LogP contribution in [0.25, 0.3) is 0 Å². The van der Waals surface area contributed by atoms with Gasteiger partial charge in [-0.2, -0.15) is 4.98 Å². The van der Waals surface area contributed by atoms with Crippen LogP contribution in [0.15, 0.2) is 54.7 Å². The second-order valence-electron chi connectivity index (χ2n) is 6.12. The van der Waals surface area contributed by atoms with Crippen LogP contribution in [0.1, 0.15) is 5.56 Å². The molecule has 2 aromatic carbocycles. The Labute approximate surface area is 164 Å². The average Bonchev–Trinajstić information content (AvgIpc) is 2.73. The fourth-order valence-electron chi connectivity index (χ4n) is 2.84. The molecule has 0 bridgehead atoms. The number of anilines is 3. The smallest absolute Gasteiger partial charge is 0.229 e. The van der Waals surface area contributed by atoms with Gasteiger partial charge >= 0.3 is 0 Å². The van der Waals surface area contributed by atoms with E-state index in [1.54, 1.807) is 27.5 Å². The molecule has 7 heteroatoms. The molecule has 0 fully saturated rings. The number of hydrogen-bond acceptors (Lipinski definition) is 7. The lowest BCUT2D eigenvalue weighted by atomic mass is 10.2. The predicted molar refractivity (Wildman–Crippen MR) is 110 cm³/mol. The Balaban J connectivity index is 1.81. The highest BCUT2D eigenvalue weighted by atomic mass is 16.5. The molecule has 0 saturated carbocycles. The van der Waals surface area contributed by atoms with E-state index in [4.69, 9.17) is 14.2 Å². The van der Waals surface area contributed by atoms with Crippen molar-refractivity contribution in [3.63, 3.8) is 0 Å². The number of rotatable bonds is 8. The zero-order chi connectivity index (χ0) is 19.9. The summed E-state index contributed by atoms with van der Waals surface area (Å²) in [6.07, 6.45) is 1.73. The highest BCUT2D eigenvalue weighted by Gasteiger charge is 2.14. The van der Waals surface area contributed by atoms with Gasteiger partial charge in [0.25, 0.3) is 0 Å². The monoisotopic (exact) mass is 380 g/mol. The molecule has 1 heterocycles. The Hall–Kier alpha value is -3.48.